The fourth-order valence-electron chi connectivity index (χ4n) is 6.74. The number of carbonyl (C=O) groups excluding carboxylic acids is 2. The molecule has 0 amide bonds. The van der Waals surface area contributed by atoms with Gasteiger partial charge >= 0.3 is 5.97 Å². The van der Waals surface area contributed by atoms with Crippen molar-refractivity contribution in [3.63, 3.8) is 0 Å². The van der Waals surface area contributed by atoms with Gasteiger partial charge in [0, 0.05) is 61.1 Å². The van der Waals surface area contributed by atoms with Crippen molar-refractivity contribution in [2.24, 2.45) is 11.8 Å². The second-order valence-electron chi connectivity index (χ2n) is 11.3. The van der Waals surface area contributed by atoms with Gasteiger partial charge in [-0.05, 0) is 44.7 Å². The Morgan fingerprint density at radius 3 is 2.45 bits per heavy atom. The fourth-order valence-corrected chi connectivity index (χ4v) is 6.74. The number of hydrogen-bond donors (Lipinski definition) is 1. The first-order valence-corrected chi connectivity index (χ1v) is 14.3. The number of nitrogens with zero attached hydrogens (tertiary/aromatic N) is 3. The molecule has 42 heavy (non-hydrogen) atoms. The number of aromatic nitrogens is 3. The Labute approximate surface area is 259 Å². The molecule has 0 spiro atoms. The Morgan fingerprint density at radius 2 is 1.76 bits per heavy atom. The molecule has 3 aromatic heterocycles. The number of methoxy groups -OCH3 is 1. The van der Waals surface area contributed by atoms with E-state index >= 15 is 0 Å². The van der Waals surface area contributed by atoms with Gasteiger partial charge in [-0.15, -0.1) is 33.5 Å². The zero-order valence-corrected chi connectivity index (χ0v) is 28.2. The molecule has 3 aromatic rings. The van der Waals surface area contributed by atoms with Crippen LogP contribution in [0.4, 0.5) is 0 Å². The van der Waals surface area contributed by atoms with Gasteiger partial charge in [0.1, 0.15) is 0 Å². The van der Waals surface area contributed by atoms with Crippen molar-refractivity contribution in [1.29, 1.82) is 0 Å². The number of allylic oxidation sites excluding steroid dienone is 3. The number of rotatable bonds is 5. The minimum Gasteiger partial charge on any atom is -0.657 e. The van der Waals surface area contributed by atoms with Gasteiger partial charge < -0.3 is 25.0 Å². The molecule has 1 fully saturated rings. The smallest absolute Gasteiger partial charge is 0.305 e. The minimum atomic E-state index is -0.243. The molecule has 0 saturated carbocycles. The normalized spacial score (nSPS) is 22.4. The van der Waals surface area contributed by atoms with Crippen molar-refractivity contribution in [3.8, 4) is 0 Å². The van der Waals surface area contributed by atoms with Crippen molar-refractivity contribution < 1.29 is 33.8 Å². The van der Waals surface area contributed by atoms with E-state index in [-0.39, 0.29) is 43.1 Å². The van der Waals surface area contributed by atoms with E-state index in [1.165, 1.54) is 7.11 Å². The summed E-state index contributed by atoms with van der Waals surface area (Å²) in [5, 5.41) is 5.43. The van der Waals surface area contributed by atoms with Crippen LogP contribution >= 0.6 is 0 Å². The monoisotopic (exact) mass is 611 g/mol. The van der Waals surface area contributed by atoms with Gasteiger partial charge in [-0.3, -0.25) is 9.59 Å². The first-order valence-electron chi connectivity index (χ1n) is 14.3. The summed E-state index contributed by atoms with van der Waals surface area (Å²) in [6.07, 6.45) is 10.0. The van der Waals surface area contributed by atoms with E-state index in [4.69, 9.17) is 19.7 Å². The van der Waals surface area contributed by atoms with Gasteiger partial charge in [0.2, 0.25) is 0 Å². The third kappa shape index (κ3) is 4.61. The molecule has 8 heteroatoms. The molecule has 8 bridgehead atoms. The molecule has 3 aliphatic rings. The molecule has 1 saturated heterocycles. The number of nitrogens with one attached hydrogen (secondary N) is 1. The molecular formula is C34H35N4O3Zn-3. The maximum atomic E-state index is 13.4. The van der Waals surface area contributed by atoms with Crippen molar-refractivity contribution in [1.82, 2.24) is 20.3 Å². The third-order valence-corrected chi connectivity index (χ3v) is 9.18. The van der Waals surface area contributed by atoms with Gasteiger partial charge in [0.25, 0.3) is 0 Å². The molecule has 5 heterocycles. The molecule has 6 rings (SSSR count). The van der Waals surface area contributed by atoms with E-state index in [9.17, 15) is 9.59 Å². The summed E-state index contributed by atoms with van der Waals surface area (Å²) < 4.78 is 4.96. The molecular weight excluding hydrogens is 578 g/mol. The second-order valence-corrected chi connectivity index (χ2v) is 11.3. The SMILES string of the molecule is C=Cc1c2[n-]c(c1C)/C=C1\N/C(=C3/CC(=O)c4c3[n-]c(c4C)/C=c3/[n-]c(c(C)c3CC)=C2)C(CCC(=O)OC)C1C.[Zn]. The summed E-state index contributed by atoms with van der Waals surface area (Å²) in [6.45, 7) is 14.5. The number of Topliss-reactive ketones (excluding diaryl/α,β-unsaturated/α-hetero) is 1. The largest absolute Gasteiger partial charge is 0.657 e. The summed E-state index contributed by atoms with van der Waals surface area (Å²) >= 11 is 0. The van der Waals surface area contributed by atoms with Crippen LogP contribution in [0.5, 0.6) is 0 Å². The summed E-state index contributed by atoms with van der Waals surface area (Å²) in [4.78, 5) is 40.7. The molecule has 0 aromatic carbocycles. The van der Waals surface area contributed by atoms with Gasteiger partial charge in [-0.2, -0.15) is 0 Å². The Hall–Kier alpha value is -3.64. The topological polar surface area (TPSA) is 97.7 Å². The van der Waals surface area contributed by atoms with Crippen LogP contribution in [0.2, 0.25) is 0 Å². The van der Waals surface area contributed by atoms with Crippen LogP contribution in [0, 0.1) is 32.6 Å². The maximum Gasteiger partial charge on any atom is 0.305 e. The van der Waals surface area contributed by atoms with E-state index in [2.05, 4.69) is 45.7 Å². The van der Waals surface area contributed by atoms with Crippen LogP contribution in [0.3, 0.4) is 0 Å². The van der Waals surface area contributed by atoms with E-state index in [0.29, 0.717) is 24.8 Å². The van der Waals surface area contributed by atoms with E-state index in [1.807, 2.05) is 25.2 Å². The number of fused-ring (bicyclic) bond motifs is 7. The van der Waals surface area contributed by atoms with E-state index in [0.717, 1.165) is 84.7 Å². The van der Waals surface area contributed by atoms with Crippen molar-refractivity contribution in [2.75, 3.05) is 7.11 Å². The molecule has 1 aliphatic carbocycles. The quantitative estimate of drug-likeness (QED) is 0.346. The van der Waals surface area contributed by atoms with Crippen molar-refractivity contribution in [2.45, 2.75) is 60.3 Å². The first kappa shape index (κ1) is 29.8. The maximum absolute atomic E-state index is 13.4. The summed E-state index contributed by atoms with van der Waals surface area (Å²) in [7, 11) is 1.41. The Bertz CT molecular complexity index is 1830. The summed E-state index contributed by atoms with van der Waals surface area (Å²) in [5.41, 5.74) is 12.0. The van der Waals surface area contributed by atoms with Crippen molar-refractivity contribution >= 4 is 41.6 Å². The standard InChI is InChI=1S/C34H36N4O3.Zn/c1-8-20-16(3)24-13-26-18(5)22(10-11-31(40)41-7)33(37-26)23-12-30(39)32-19(6)27(38-34(23)32)15-29-21(9-2)17(4)25(36-29)14-28(20)35-24;/h8,13-15,18,22H,1,9-12H2,2-7H3,(H2,37,38,39);/q-2;/p-1/b25-14?,26-13-,29-15+;. The molecule has 1 N–H and O–H groups in total. The zero-order chi connectivity index (χ0) is 29.2. The predicted octanol–water partition coefficient (Wildman–Crippen LogP) is 3.80. The van der Waals surface area contributed by atoms with Gasteiger partial charge in [0.15, 0.2) is 5.78 Å². The number of ketones is 1. The average molecular weight is 613 g/mol. The molecule has 214 valence electrons. The first-order chi connectivity index (χ1) is 19.7. The van der Waals surface area contributed by atoms with Crippen LogP contribution in [0.1, 0.15) is 94.1 Å². The zero-order valence-electron chi connectivity index (χ0n) is 25.3. The van der Waals surface area contributed by atoms with Gasteiger partial charge in [0.05, 0.1) is 7.11 Å². The molecule has 7 nitrogen and oxygen atoms in total. The van der Waals surface area contributed by atoms with Crippen LogP contribution in [-0.2, 0) is 35.4 Å². The number of carbonyl (C=O) groups is 2. The van der Waals surface area contributed by atoms with Crippen LogP contribution in [-0.4, -0.2) is 18.9 Å². The van der Waals surface area contributed by atoms with Crippen LogP contribution < -0.4 is 31.0 Å². The number of hydrogen-bond acceptors (Lipinski definition) is 4. The molecule has 2 aliphatic heterocycles. The van der Waals surface area contributed by atoms with Crippen molar-refractivity contribution in [3.05, 3.63) is 84.8 Å². The average Bonchev–Trinajstić information content (AvgIpc) is 3.70. The van der Waals surface area contributed by atoms with Gasteiger partial charge in [-0.1, -0.05) is 67.0 Å². The molecule has 0 radical (unpaired) electrons. The van der Waals surface area contributed by atoms with Crippen LogP contribution in [0.15, 0.2) is 18.0 Å². The Kier molecular flexibility index (Phi) is 7.97. The summed E-state index contributed by atoms with van der Waals surface area (Å²) in [6, 6.07) is 0. The Morgan fingerprint density at radius 1 is 1.05 bits per heavy atom. The summed E-state index contributed by atoms with van der Waals surface area (Å²) in [5.74, 6) is -0.0878. The fraction of sp³-hybridized carbons (Fsp3) is 0.353. The van der Waals surface area contributed by atoms with Crippen LogP contribution in [0.25, 0.3) is 29.9 Å². The number of esters is 1. The van der Waals surface area contributed by atoms with E-state index in [1.54, 1.807) is 0 Å². The van der Waals surface area contributed by atoms with E-state index < -0.39 is 0 Å². The third-order valence-electron chi connectivity index (χ3n) is 9.18. The van der Waals surface area contributed by atoms with Gasteiger partial charge in [-0.25, -0.2) is 0 Å². The predicted molar refractivity (Wildman–Crippen MR) is 160 cm³/mol. The second kappa shape index (κ2) is 11.2. The minimum absolute atomic E-state index is 0. The molecule has 2 atom stereocenters. The number of ether oxygens (including phenoxy) is 1. The molecule has 2 unspecified atom stereocenters. The Balaban J connectivity index is 0.00000353.